The maximum Gasteiger partial charge on any atom is 0.339 e. The number of amides is 2. The van der Waals surface area contributed by atoms with Crippen LogP contribution in [0, 0.1) is 6.92 Å². The summed E-state index contributed by atoms with van der Waals surface area (Å²) < 4.78 is 4.86. The Balaban J connectivity index is 1.64. The first-order chi connectivity index (χ1) is 13.0. The summed E-state index contributed by atoms with van der Waals surface area (Å²) in [6.45, 7) is 4.31. The molecule has 0 radical (unpaired) electrons. The van der Waals surface area contributed by atoms with Crippen molar-refractivity contribution < 1.29 is 14.3 Å². The molecule has 0 aromatic heterocycles. The minimum Gasteiger partial charge on any atom is -0.465 e. The van der Waals surface area contributed by atoms with Crippen molar-refractivity contribution in [2.45, 2.75) is 6.92 Å². The molecular formula is C20H22ClN3O3. The fourth-order valence-electron chi connectivity index (χ4n) is 3.14. The molecule has 1 saturated heterocycles. The number of nitrogens with zero attached hydrogens (tertiary/aromatic N) is 2. The average molecular weight is 388 g/mol. The molecule has 1 N–H and O–H groups in total. The number of para-hydroxylation sites is 1. The van der Waals surface area contributed by atoms with Gasteiger partial charge < -0.3 is 19.9 Å². The fourth-order valence-corrected chi connectivity index (χ4v) is 3.37. The summed E-state index contributed by atoms with van der Waals surface area (Å²) >= 11 is 5.96. The molecule has 0 spiro atoms. The Kier molecular flexibility index (Phi) is 5.86. The fraction of sp³-hybridized carbons (Fsp3) is 0.300. The first-order valence-corrected chi connectivity index (χ1v) is 9.12. The second-order valence-corrected chi connectivity index (χ2v) is 6.81. The Morgan fingerprint density at radius 2 is 1.78 bits per heavy atom. The standard InChI is InChI=1S/C20H22ClN3O3/c1-14-13-15(21)7-8-17(14)22-20(26)24-11-9-23(10-12-24)18-6-4-3-5-16(18)19(25)27-2/h3-8,13H,9-12H2,1-2H3,(H,22,26). The van der Waals surface area contributed by atoms with Crippen LogP contribution in [0.15, 0.2) is 42.5 Å². The van der Waals surface area contributed by atoms with Gasteiger partial charge in [-0.05, 0) is 42.8 Å². The lowest BCUT2D eigenvalue weighted by atomic mass is 10.1. The molecule has 1 fully saturated rings. The zero-order valence-electron chi connectivity index (χ0n) is 15.4. The number of anilines is 2. The van der Waals surface area contributed by atoms with E-state index in [1.54, 1.807) is 23.1 Å². The summed E-state index contributed by atoms with van der Waals surface area (Å²) in [4.78, 5) is 28.4. The number of esters is 1. The van der Waals surface area contributed by atoms with Crippen molar-refractivity contribution in [3.8, 4) is 0 Å². The molecule has 6 nitrogen and oxygen atoms in total. The Bertz CT molecular complexity index is 848. The third-order valence-corrected chi connectivity index (χ3v) is 4.88. The molecular weight excluding hydrogens is 366 g/mol. The third-order valence-electron chi connectivity index (χ3n) is 4.65. The SMILES string of the molecule is COC(=O)c1ccccc1N1CCN(C(=O)Nc2ccc(Cl)cc2C)CC1. The van der Waals surface area contributed by atoms with Crippen LogP contribution in [0.3, 0.4) is 0 Å². The van der Waals surface area contributed by atoms with E-state index in [2.05, 4.69) is 10.2 Å². The van der Waals surface area contributed by atoms with Crippen LogP contribution >= 0.6 is 11.6 Å². The van der Waals surface area contributed by atoms with Crippen LogP contribution in [0.25, 0.3) is 0 Å². The van der Waals surface area contributed by atoms with E-state index in [4.69, 9.17) is 16.3 Å². The van der Waals surface area contributed by atoms with Gasteiger partial charge in [-0.3, -0.25) is 0 Å². The number of hydrogen-bond acceptors (Lipinski definition) is 4. The van der Waals surface area contributed by atoms with E-state index in [9.17, 15) is 9.59 Å². The molecule has 1 aliphatic rings. The highest BCUT2D eigenvalue weighted by atomic mass is 35.5. The van der Waals surface area contributed by atoms with Gasteiger partial charge in [-0.2, -0.15) is 0 Å². The van der Waals surface area contributed by atoms with Crippen molar-refractivity contribution in [2.75, 3.05) is 43.5 Å². The highest BCUT2D eigenvalue weighted by Gasteiger charge is 2.24. The maximum absolute atomic E-state index is 12.6. The topological polar surface area (TPSA) is 61.9 Å². The van der Waals surface area contributed by atoms with Crippen LogP contribution < -0.4 is 10.2 Å². The molecule has 142 valence electrons. The molecule has 1 aliphatic heterocycles. The average Bonchev–Trinajstić information content (AvgIpc) is 2.69. The Morgan fingerprint density at radius 1 is 1.07 bits per heavy atom. The van der Waals surface area contributed by atoms with Gasteiger partial charge in [0, 0.05) is 36.9 Å². The summed E-state index contributed by atoms with van der Waals surface area (Å²) in [6.07, 6.45) is 0. The normalized spacial score (nSPS) is 14.0. The summed E-state index contributed by atoms with van der Waals surface area (Å²) in [7, 11) is 1.38. The summed E-state index contributed by atoms with van der Waals surface area (Å²) in [6, 6.07) is 12.6. The number of ether oxygens (including phenoxy) is 1. The van der Waals surface area contributed by atoms with Gasteiger partial charge in [-0.25, -0.2) is 9.59 Å². The van der Waals surface area contributed by atoms with Crippen LogP contribution in [0.4, 0.5) is 16.2 Å². The van der Waals surface area contributed by atoms with Gasteiger partial charge in [0.25, 0.3) is 0 Å². The summed E-state index contributed by atoms with van der Waals surface area (Å²) in [5.74, 6) is -0.357. The number of halogens is 1. The van der Waals surface area contributed by atoms with E-state index in [0.29, 0.717) is 36.8 Å². The molecule has 0 bridgehead atoms. The van der Waals surface area contributed by atoms with E-state index in [-0.39, 0.29) is 12.0 Å². The number of nitrogens with one attached hydrogen (secondary N) is 1. The summed E-state index contributed by atoms with van der Waals surface area (Å²) in [5.41, 5.74) is 3.04. The highest BCUT2D eigenvalue weighted by molar-refractivity contribution is 6.30. The van der Waals surface area contributed by atoms with Crippen LogP contribution in [0.5, 0.6) is 0 Å². The highest BCUT2D eigenvalue weighted by Crippen LogP contribution is 2.23. The van der Waals surface area contributed by atoms with E-state index >= 15 is 0 Å². The number of piperazine rings is 1. The largest absolute Gasteiger partial charge is 0.465 e. The zero-order valence-corrected chi connectivity index (χ0v) is 16.1. The predicted molar refractivity (Wildman–Crippen MR) is 107 cm³/mol. The van der Waals surface area contributed by atoms with Crippen LogP contribution in [0.2, 0.25) is 5.02 Å². The monoisotopic (exact) mass is 387 g/mol. The van der Waals surface area contributed by atoms with E-state index in [0.717, 1.165) is 16.9 Å². The predicted octanol–water partition coefficient (Wildman–Crippen LogP) is 3.79. The van der Waals surface area contributed by atoms with Crippen molar-refractivity contribution in [3.63, 3.8) is 0 Å². The smallest absolute Gasteiger partial charge is 0.339 e. The van der Waals surface area contributed by atoms with Gasteiger partial charge >= 0.3 is 12.0 Å². The number of carbonyl (C=O) groups excluding carboxylic acids is 2. The molecule has 2 aromatic carbocycles. The Morgan fingerprint density at radius 3 is 2.44 bits per heavy atom. The summed E-state index contributed by atoms with van der Waals surface area (Å²) in [5, 5.41) is 3.58. The first kappa shape index (κ1) is 19.0. The molecule has 1 heterocycles. The number of hydrogen-bond donors (Lipinski definition) is 1. The molecule has 7 heteroatoms. The lowest BCUT2D eigenvalue weighted by Gasteiger charge is -2.36. The number of benzene rings is 2. The Labute approximate surface area is 163 Å². The van der Waals surface area contributed by atoms with Gasteiger partial charge in [0.15, 0.2) is 0 Å². The number of rotatable bonds is 3. The molecule has 0 aliphatic carbocycles. The van der Waals surface area contributed by atoms with Crippen molar-refractivity contribution in [1.29, 1.82) is 0 Å². The second-order valence-electron chi connectivity index (χ2n) is 6.37. The first-order valence-electron chi connectivity index (χ1n) is 8.74. The van der Waals surface area contributed by atoms with Crippen molar-refractivity contribution >= 4 is 35.0 Å². The van der Waals surface area contributed by atoms with Crippen LogP contribution in [-0.4, -0.2) is 50.2 Å². The number of urea groups is 1. The molecule has 0 saturated carbocycles. The van der Waals surface area contributed by atoms with E-state index in [1.807, 2.05) is 31.2 Å². The van der Waals surface area contributed by atoms with E-state index in [1.165, 1.54) is 7.11 Å². The van der Waals surface area contributed by atoms with Gasteiger partial charge in [-0.15, -0.1) is 0 Å². The molecule has 2 amide bonds. The molecule has 0 unspecified atom stereocenters. The third kappa shape index (κ3) is 4.34. The van der Waals surface area contributed by atoms with Crippen molar-refractivity contribution in [2.24, 2.45) is 0 Å². The van der Waals surface area contributed by atoms with Crippen LogP contribution in [0.1, 0.15) is 15.9 Å². The van der Waals surface area contributed by atoms with Crippen molar-refractivity contribution in [3.05, 3.63) is 58.6 Å². The van der Waals surface area contributed by atoms with Gasteiger partial charge in [0.1, 0.15) is 0 Å². The molecule has 27 heavy (non-hydrogen) atoms. The Hall–Kier alpha value is -2.73. The second kappa shape index (κ2) is 8.31. The lowest BCUT2D eigenvalue weighted by Crippen LogP contribution is -2.50. The maximum atomic E-state index is 12.6. The molecule has 2 aromatic rings. The minimum absolute atomic E-state index is 0.138. The number of aryl methyl sites for hydroxylation is 1. The van der Waals surface area contributed by atoms with Crippen molar-refractivity contribution in [1.82, 2.24) is 4.90 Å². The number of carbonyl (C=O) groups is 2. The molecule has 3 rings (SSSR count). The van der Waals surface area contributed by atoms with Crippen LogP contribution in [-0.2, 0) is 4.74 Å². The van der Waals surface area contributed by atoms with Gasteiger partial charge in [0.2, 0.25) is 0 Å². The van der Waals surface area contributed by atoms with Gasteiger partial charge in [-0.1, -0.05) is 23.7 Å². The quantitative estimate of drug-likeness (QED) is 0.814. The number of methoxy groups -OCH3 is 1. The lowest BCUT2D eigenvalue weighted by molar-refractivity contribution is 0.0601. The minimum atomic E-state index is -0.357. The molecule has 0 atom stereocenters. The zero-order chi connectivity index (χ0) is 19.4. The van der Waals surface area contributed by atoms with Gasteiger partial charge in [0.05, 0.1) is 18.4 Å². The van der Waals surface area contributed by atoms with E-state index < -0.39 is 0 Å².